The third kappa shape index (κ3) is 3.68. The lowest BCUT2D eigenvalue weighted by Crippen LogP contribution is -2.31. The number of aryl methyl sites for hydroxylation is 1. The normalized spacial score (nSPS) is 15.9. The van der Waals surface area contributed by atoms with Gasteiger partial charge in [0.15, 0.2) is 5.76 Å². The average Bonchev–Trinajstić information content (AvgIpc) is 3.47. The van der Waals surface area contributed by atoms with Crippen LogP contribution in [0.1, 0.15) is 29.4 Å². The molecule has 7 nitrogen and oxygen atoms in total. The molecule has 0 aliphatic carbocycles. The summed E-state index contributed by atoms with van der Waals surface area (Å²) in [6.45, 7) is 2.70. The van der Waals surface area contributed by atoms with E-state index in [0.717, 1.165) is 10.9 Å². The molecule has 0 saturated carbocycles. The fraction of sp³-hybridized carbons (Fsp3) is 0.250. The molecule has 2 aromatic carbocycles. The third-order valence-corrected chi connectivity index (χ3v) is 5.63. The van der Waals surface area contributed by atoms with E-state index in [1.54, 1.807) is 17.0 Å². The Labute approximate surface area is 183 Å². The zero-order chi connectivity index (χ0) is 22.1. The van der Waals surface area contributed by atoms with Crippen LogP contribution in [0.2, 0.25) is 0 Å². The Kier molecular flexibility index (Phi) is 5.26. The van der Waals surface area contributed by atoms with Crippen molar-refractivity contribution in [2.45, 2.75) is 25.9 Å². The molecule has 4 aromatic rings. The van der Waals surface area contributed by atoms with E-state index in [0.29, 0.717) is 48.5 Å². The number of benzene rings is 2. The minimum atomic E-state index is -0.536. The predicted octanol–water partition coefficient (Wildman–Crippen LogP) is 4.28. The van der Waals surface area contributed by atoms with Gasteiger partial charge < -0.3 is 14.2 Å². The Morgan fingerprint density at radius 2 is 2.06 bits per heavy atom. The molecule has 0 N–H and O–H groups in total. The van der Waals surface area contributed by atoms with Gasteiger partial charge in [-0.15, -0.1) is 0 Å². The van der Waals surface area contributed by atoms with Crippen molar-refractivity contribution >= 4 is 16.8 Å². The van der Waals surface area contributed by atoms with E-state index in [-0.39, 0.29) is 17.9 Å². The number of rotatable bonds is 5. The van der Waals surface area contributed by atoms with Crippen molar-refractivity contribution < 1.29 is 18.4 Å². The number of halogens is 1. The number of nitrogens with zero attached hydrogens (tertiary/aromatic N) is 4. The lowest BCUT2D eigenvalue weighted by Gasteiger charge is -2.17. The second-order valence-electron chi connectivity index (χ2n) is 7.68. The van der Waals surface area contributed by atoms with Crippen molar-refractivity contribution in [3.63, 3.8) is 0 Å². The molecule has 0 bridgehead atoms. The van der Waals surface area contributed by atoms with Crippen LogP contribution >= 0.6 is 0 Å². The molecule has 2 aromatic heterocycles. The van der Waals surface area contributed by atoms with Crippen molar-refractivity contribution in [1.29, 1.82) is 0 Å². The number of carbonyl (C=O) groups excluding carboxylic acids is 1. The molecule has 1 saturated heterocycles. The molecule has 5 rings (SSSR count). The van der Waals surface area contributed by atoms with Gasteiger partial charge in [-0.3, -0.25) is 4.79 Å². The van der Waals surface area contributed by atoms with Crippen molar-refractivity contribution in [2.24, 2.45) is 0 Å². The SMILES string of the molecule is CCc1ncnc(O[C@H]2CCN(C(=O)c3ccc4noc(-c5ccccc5)c4c3)C2)c1F. The van der Waals surface area contributed by atoms with Gasteiger partial charge in [0.2, 0.25) is 5.82 Å². The smallest absolute Gasteiger partial charge is 0.254 e. The predicted molar refractivity (Wildman–Crippen MR) is 116 cm³/mol. The van der Waals surface area contributed by atoms with Crippen LogP contribution in [-0.4, -0.2) is 45.1 Å². The quantitative estimate of drug-likeness (QED) is 0.468. The van der Waals surface area contributed by atoms with E-state index in [1.165, 1.54) is 6.33 Å². The largest absolute Gasteiger partial charge is 0.470 e. The van der Waals surface area contributed by atoms with Crippen LogP contribution in [0.25, 0.3) is 22.2 Å². The molecule has 1 aliphatic heterocycles. The minimum Gasteiger partial charge on any atom is -0.470 e. The van der Waals surface area contributed by atoms with Crippen LogP contribution in [0.15, 0.2) is 59.4 Å². The number of fused-ring (bicyclic) bond motifs is 1. The molecule has 1 amide bonds. The molecule has 32 heavy (non-hydrogen) atoms. The molecule has 1 fully saturated rings. The van der Waals surface area contributed by atoms with Crippen molar-refractivity contribution in [3.05, 3.63) is 71.9 Å². The first-order valence-electron chi connectivity index (χ1n) is 10.5. The van der Waals surface area contributed by atoms with Gasteiger partial charge in [-0.2, -0.15) is 9.37 Å². The highest BCUT2D eigenvalue weighted by Crippen LogP contribution is 2.30. The van der Waals surface area contributed by atoms with E-state index in [1.807, 2.05) is 43.3 Å². The number of hydrogen-bond acceptors (Lipinski definition) is 6. The summed E-state index contributed by atoms with van der Waals surface area (Å²) in [5, 5.41) is 4.89. The Morgan fingerprint density at radius 3 is 2.88 bits per heavy atom. The van der Waals surface area contributed by atoms with Gasteiger partial charge in [0.1, 0.15) is 17.9 Å². The Hall–Kier alpha value is -3.81. The van der Waals surface area contributed by atoms with Gasteiger partial charge in [0.05, 0.1) is 17.6 Å². The molecule has 1 atom stereocenters. The first-order chi connectivity index (χ1) is 15.6. The lowest BCUT2D eigenvalue weighted by atomic mass is 10.1. The molecule has 3 heterocycles. The fourth-order valence-electron chi connectivity index (χ4n) is 3.94. The molecule has 162 valence electrons. The van der Waals surface area contributed by atoms with Gasteiger partial charge in [-0.25, -0.2) is 4.98 Å². The van der Waals surface area contributed by atoms with Crippen molar-refractivity contribution in [3.8, 4) is 17.2 Å². The Morgan fingerprint density at radius 1 is 1.22 bits per heavy atom. The zero-order valence-electron chi connectivity index (χ0n) is 17.5. The molecule has 1 aliphatic rings. The highest BCUT2D eigenvalue weighted by atomic mass is 19.1. The van der Waals surface area contributed by atoms with E-state index in [2.05, 4.69) is 15.1 Å². The van der Waals surface area contributed by atoms with E-state index < -0.39 is 5.82 Å². The second-order valence-corrected chi connectivity index (χ2v) is 7.68. The van der Waals surface area contributed by atoms with Crippen molar-refractivity contribution in [2.75, 3.05) is 13.1 Å². The molecular formula is C24H21FN4O3. The van der Waals surface area contributed by atoms with E-state index in [9.17, 15) is 9.18 Å². The summed E-state index contributed by atoms with van der Waals surface area (Å²) in [6.07, 6.45) is 2.03. The van der Waals surface area contributed by atoms with Crippen LogP contribution in [0.4, 0.5) is 4.39 Å². The number of likely N-dealkylation sites (tertiary alicyclic amines) is 1. The van der Waals surface area contributed by atoms with Crippen LogP contribution < -0.4 is 4.74 Å². The molecule has 8 heteroatoms. The summed E-state index contributed by atoms with van der Waals surface area (Å²) >= 11 is 0. The van der Waals surface area contributed by atoms with E-state index in [4.69, 9.17) is 9.26 Å². The number of aromatic nitrogens is 3. The molecule has 0 spiro atoms. The van der Waals surface area contributed by atoms with Crippen LogP contribution in [0, 0.1) is 5.82 Å². The maximum absolute atomic E-state index is 14.4. The maximum atomic E-state index is 14.4. The zero-order valence-corrected chi connectivity index (χ0v) is 17.5. The summed E-state index contributed by atoms with van der Waals surface area (Å²) in [6, 6.07) is 15.0. The van der Waals surface area contributed by atoms with Gasteiger partial charge in [0, 0.05) is 24.1 Å². The van der Waals surface area contributed by atoms with E-state index >= 15 is 0 Å². The topological polar surface area (TPSA) is 81.4 Å². The number of carbonyl (C=O) groups is 1. The summed E-state index contributed by atoms with van der Waals surface area (Å²) in [5.41, 5.74) is 2.44. The monoisotopic (exact) mass is 432 g/mol. The van der Waals surface area contributed by atoms with Gasteiger partial charge in [-0.1, -0.05) is 42.4 Å². The van der Waals surface area contributed by atoms with Crippen molar-refractivity contribution in [1.82, 2.24) is 20.0 Å². The standard InChI is InChI=1S/C24H21FN4O3/c1-2-19-21(25)23(27-14-26-19)31-17-10-11-29(13-17)24(30)16-8-9-20-18(12-16)22(32-28-20)15-6-4-3-5-7-15/h3-9,12,14,17H,2,10-11,13H2,1H3/t17-/m0/s1. The van der Waals surface area contributed by atoms with Crippen LogP contribution in [0.3, 0.4) is 0 Å². The fourth-order valence-corrected chi connectivity index (χ4v) is 3.94. The summed E-state index contributed by atoms with van der Waals surface area (Å²) in [7, 11) is 0. The van der Waals surface area contributed by atoms with Gasteiger partial charge in [-0.05, 0) is 24.6 Å². The Bertz CT molecular complexity index is 1270. The van der Waals surface area contributed by atoms with Gasteiger partial charge in [0.25, 0.3) is 11.8 Å². The summed E-state index contributed by atoms with van der Waals surface area (Å²) < 4.78 is 25.7. The first-order valence-corrected chi connectivity index (χ1v) is 10.5. The number of ether oxygens (including phenoxy) is 1. The molecule has 0 radical (unpaired) electrons. The van der Waals surface area contributed by atoms with Crippen LogP contribution in [-0.2, 0) is 6.42 Å². The van der Waals surface area contributed by atoms with Crippen LogP contribution in [0.5, 0.6) is 5.88 Å². The Balaban J connectivity index is 1.34. The molecule has 0 unspecified atom stereocenters. The maximum Gasteiger partial charge on any atom is 0.254 e. The summed E-state index contributed by atoms with van der Waals surface area (Å²) in [5.74, 6) is -0.0832. The van der Waals surface area contributed by atoms with Gasteiger partial charge >= 0.3 is 0 Å². The third-order valence-electron chi connectivity index (χ3n) is 5.63. The highest BCUT2D eigenvalue weighted by molar-refractivity contribution is 6.01. The second kappa shape index (κ2) is 8.37. The number of hydrogen-bond donors (Lipinski definition) is 0. The summed E-state index contributed by atoms with van der Waals surface area (Å²) in [4.78, 5) is 22.7. The highest BCUT2D eigenvalue weighted by Gasteiger charge is 2.30. The number of amides is 1. The lowest BCUT2D eigenvalue weighted by molar-refractivity contribution is 0.0770. The average molecular weight is 432 g/mol. The first kappa shape index (κ1) is 20.1. The minimum absolute atomic E-state index is 0.0606. The molecular weight excluding hydrogens is 411 g/mol.